The number of rotatable bonds is 7. The number of nitrogens with zero attached hydrogens (tertiary/aromatic N) is 2. The third-order valence-corrected chi connectivity index (χ3v) is 16.2. The molecule has 1 amide bonds. The number of carbonyl (C=O) groups is 1. The molecule has 0 spiro atoms. The molecule has 1 fully saturated rings. The van der Waals surface area contributed by atoms with Crippen LogP contribution >= 0.6 is 0 Å². The average molecular weight is 502 g/mol. The number of halogens is 1. The number of aromatic nitrogens is 2. The molecular weight excluding hydrogens is 461 g/mol. The Morgan fingerprint density at radius 2 is 1.55 bits per heavy atom. The van der Waals surface area contributed by atoms with Crippen molar-refractivity contribution in [2.45, 2.75) is 109 Å². The predicted octanol–water partition coefficient (Wildman–Crippen LogP) is 4.65. The van der Waals surface area contributed by atoms with Gasteiger partial charge in [-0.3, -0.25) is 9.36 Å². The van der Waals surface area contributed by atoms with Crippen LogP contribution < -0.4 is 11.0 Å². The lowest BCUT2D eigenvalue weighted by Crippen LogP contribution is -2.53. The van der Waals surface area contributed by atoms with E-state index in [1.54, 1.807) is 0 Å². The SMILES string of the molecule is C[C@H]1O[C@@H](n2cc(F)c(NC=O)nc2=O)[C@H](O[Si](C)(C)C(C)(C)C)[C@@H]1O[Si](C)(C)C(C)(C)C. The smallest absolute Gasteiger partial charge is 0.351 e. The monoisotopic (exact) mass is 501 g/mol. The van der Waals surface area contributed by atoms with E-state index in [1.807, 2.05) is 6.92 Å². The van der Waals surface area contributed by atoms with Gasteiger partial charge in [0.25, 0.3) is 0 Å². The second kappa shape index (κ2) is 9.33. The van der Waals surface area contributed by atoms with Crippen molar-refractivity contribution in [2.75, 3.05) is 5.32 Å². The van der Waals surface area contributed by atoms with Gasteiger partial charge in [0, 0.05) is 0 Å². The lowest BCUT2D eigenvalue weighted by molar-refractivity contribution is -0.105. The summed E-state index contributed by atoms with van der Waals surface area (Å²) in [5.41, 5.74) is -0.741. The van der Waals surface area contributed by atoms with E-state index in [1.165, 1.54) is 0 Å². The lowest BCUT2D eigenvalue weighted by atomic mass is 10.1. The van der Waals surface area contributed by atoms with Crippen LogP contribution in [0.1, 0.15) is 54.7 Å². The normalized spacial score (nSPS) is 24.7. The molecule has 2 rings (SSSR count). The molecular formula is C22H40FN3O5Si2. The minimum Gasteiger partial charge on any atom is -0.409 e. The molecule has 1 N–H and O–H groups in total. The molecule has 0 bridgehead atoms. The highest BCUT2D eigenvalue weighted by Crippen LogP contribution is 2.45. The van der Waals surface area contributed by atoms with Crippen LogP contribution in [0.3, 0.4) is 0 Å². The highest BCUT2D eigenvalue weighted by atomic mass is 28.4. The van der Waals surface area contributed by atoms with Crippen molar-refractivity contribution in [3.8, 4) is 0 Å². The zero-order chi connectivity index (χ0) is 25.6. The highest BCUT2D eigenvalue weighted by Gasteiger charge is 2.53. The predicted molar refractivity (Wildman–Crippen MR) is 132 cm³/mol. The second-order valence-electron chi connectivity index (χ2n) is 11.8. The summed E-state index contributed by atoms with van der Waals surface area (Å²) in [6.07, 6.45) is -1.08. The Kier molecular flexibility index (Phi) is 7.87. The van der Waals surface area contributed by atoms with Crippen LogP contribution in [-0.4, -0.2) is 50.9 Å². The van der Waals surface area contributed by atoms with Gasteiger partial charge in [-0.1, -0.05) is 41.5 Å². The molecule has 33 heavy (non-hydrogen) atoms. The van der Waals surface area contributed by atoms with E-state index in [4.69, 9.17) is 13.6 Å². The molecule has 0 radical (unpaired) electrons. The van der Waals surface area contributed by atoms with Gasteiger partial charge in [-0.05, 0) is 43.2 Å². The van der Waals surface area contributed by atoms with E-state index in [-0.39, 0.29) is 22.6 Å². The third-order valence-electron chi connectivity index (χ3n) is 7.27. The van der Waals surface area contributed by atoms with E-state index in [0.29, 0.717) is 0 Å². The molecule has 0 aliphatic carbocycles. The molecule has 0 aromatic carbocycles. The standard InChI is InChI=1S/C22H40FN3O5Si2/c1-14-16(30-32(8,9)21(2,3)4)17(31-33(10,11)22(5,6)7)19(29-14)26-12-15(23)18(24-13-27)25-20(26)28/h12-14,16-17,19H,1-11H3,(H,24,25,27,28)/t14-,16-,17-,19-/m1/s1. The third kappa shape index (κ3) is 5.81. The van der Waals surface area contributed by atoms with Gasteiger partial charge in [-0.25, -0.2) is 9.18 Å². The van der Waals surface area contributed by atoms with Crippen molar-refractivity contribution >= 4 is 28.9 Å². The lowest BCUT2D eigenvalue weighted by Gasteiger charge is -2.44. The van der Waals surface area contributed by atoms with Crippen molar-refractivity contribution in [2.24, 2.45) is 0 Å². The Hall–Kier alpha value is -1.41. The number of carbonyl (C=O) groups excluding carboxylic acids is 1. The van der Waals surface area contributed by atoms with E-state index in [0.717, 1.165) is 10.8 Å². The molecule has 1 aliphatic heterocycles. The van der Waals surface area contributed by atoms with Gasteiger partial charge in [0.2, 0.25) is 6.41 Å². The number of hydrogen-bond acceptors (Lipinski definition) is 6. The maximum absolute atomic E-state index is 14.6. The topological polar surface area (TPSA) is 91.7 Å². The van der Waals surface area contributed by atoms with Gasteiger partial charge in [-0.15, -0.1) is 0 Å². The zero-order valence-corrected chi connectivity index (χ0v) is 23.8. The molecule has 0 saturated carbocycles. The molecule has 2 heterocycles. The fourth-order valence-electron chi connectivity index (χ4n) is 3.13. The maximum Gasteiger partial charge on any atom is 0.351 e. The molecule has 1 aromatic rings. The first-order valence-electron chi connectivity index (χ1n) is 11.3. The van der Waals surface area contributed by atoms with Crippen LogP contribution in [0, 0.1) is 5.82 Å². The maximum atomic E-state index is 14.6. The van der Waals surface area contributed by atoms with Crippen LogP contribution in [0.25, 0.3) is 0 Å². The fraction of sp³-hybridized carbons (Fsp3) is 0.773. The molecule has 4 atom stereocenters. The Morgan fingerprint density at radius 1 is 1.06 bits per heavy atom. The van der Waals surface area contributed by atoms with E-state index in [2.05, 4.69) is 78.0 Å². The largest absolute Gasteiger partial charge is 0.409 e. The van der Waals surface area contributed by atoms with Crippen molar-refractivity contribution in [1.82, 2.24) is 9.55 Å². The van der Waals surface area contributed by atoms with E-state index >= 15 is 0 Å². The summed E-state index contributed by atoms with van der Waals surface area (Å²) in [5.74, 6) is -1.26. The van der Waals surface area contributed by atoms with Crippen molar-refractivity contribution in [3.63, 3.8) is 0 Å². The summed E-state index contributed by atoms with van der Waals surface area (Å²) >= 11 is 0. The van der Waals surface area contributed by atoms with Gasteiger partial charge in [0.05, 0.1) is 12.3 Å². The molecule has 8 nitrogen and oxygen atoms in total. The van der Waals surface area contributed by atoms with Gasteiger partial charge in [-0.2, -0.15) is 4.98 Å². The summed E-state index contributed by atoms with van der Waals surface area (Å²) in [7, 11) is -4.54. The molecule has 11 heteroatoms. The van der Waals surface area contributed by atoms with Gasteiger partial charge >= 0.3 is 5.69 Å². The van der Waals surface area contributed by atoms with Crippen molar-refractivity contribution in [3.05, 3.63) is 22.5 Å². The Bertz CT molecular complexity index is 924. The van der Waals surface area contributed by atoms with Gasteiger partial charge in [0.1, 0.15) is 12.2 Å². The van der Waals surface area contributed by atoms with E-state index < -0.39 is 52.4 Å². The van der Waals surface area contributed by atoms with Crippen molar-refractivity contribution < 1.29 is 22.8 Å². The minimum atomic E-state index is -2.32. The van der Waals surface area contributed by atoms with Crippen LogP contribution in [0.2, 0.25) is 36.3 Å². The Morgan fingerprint density at radius 3 is 2.00 bits per heavy atom. The van der Waals surface area contributed by atoms with Gasteiger partial charge < -0.3 is 18.9 Å². The van der Waals surface area contributed by atoms with Crippen LogP contribution in [-0.2, 0) is 18.4 Å². The van der Waals surface area contributed by atoms with Crippen molar-refractivity contribution in [1.29, 1.82) is 0 Å². The van der Waals surface area contributed by atoms with E-state index in [9.17, 15) is 14.0 Å². The summed E-state index contributed by atoms with van der Waals surface area (Å²) in [6, 6.07) is 0. The number of nitrogens with one attached hydrogen (secondary N) is 1. The average Bonchev–Trinajstić information content (AvgIpc) is 2.91. The molecule has 1 aromatic heterocycles. The first-order valence-corrected chi connectivity index (χ1v) is 17.1. The minimum absolute atomic E-state index is 0.0427. The number of amides is 1. The Labute approximate surface area is 198 Å². The fourth-order valence-corrected chi connectivity index (χ4v) is 5.78. The molecule has 1 saturated heterocycles. The highest BCUT2D eigenvalue weighted by molar-refractivity contribution is 6.74. The first kappa shape index (κ1) is 27.8. The quantitative estimate of drug-likeness (QED) is 0.432. The number of anilines is 1. The Balaban J connectivity index is 2.57. The number of hydrogen-bond donors (Lipinski definition) is 1. The van der Waals surface area contributed by atoms with Crippen LogP contribution in [0.15, 0.2) is 11.0 Å². The molecule has 188 valence electrons. The van der Waals surface area contributed by atoms with Crippen LogP contribution in [0.5, 0.6) is 0 Å². The zero-order valence-electron chi connectivity index (χ0n) is 21.8. The summed E-state index contributed by atoms with van der Waals surface area (Å²) in [4.78, 5) is 27.2. The first-order chi connectivity index (χ1) is 14.8. The summed E-state index contributed by atoms with van der Waals surface area (Å²) in [6.45, 7) is 23.3. The molecule has 0 unspecified atom stereocenters. The molecule has 1 aliphatic rings. The van der Waals surface area contributed by atoms with Crippen LogP contribution in [0.4, 0.5) is 10.2 Å². The number of ether oxygens (including phenoxy) is 1. The van der Waals surface area contributed by atoms with Gasteiger partial charge in [0.15, 0.2) is 34.5 Å². The summed E-state index contributed by atoms with van der Waals surface area (Å²) in [5, 5.41) is 1.96. The summed E-state index contributed by atoms with van der Waals surface area (Å²) < 4.78 is 35.4. The second-order valence-corrected chi connectivity index (χ2v) is 21.3.